The molecular formula is C19H30N4O2. The van der Waals surface area contributed by atoms with Gasteiger partial charge in [0.2, 0.25) is 0 Å². The molecule has 6 heteroatoms. The lowest BCUT2D eigenvalue weighted by Gasteiger charge is -2.35. The summed E-state index contributed by atoms with van der Waals surface area (Å²) in [5.41, 5.74) is 1.37. The zero-order valence-electron chi connectivity index (χ0n) is 14.9. The number of amides is 2. The van der Waals surface area contributed by atoms with Crippen LogP contribution in [0.15, 0.2) is 30.3 Å². The van der Waals surface area contributed by atoms with E-state index >= 15 is 0 Å². The van der Waals surface area contributed by atoms with Gasteiger partial charge in [-0.15, -0.1) is 0 Å². The molecule has 2 aliphatic heterocycles. The molecule has 1 atom stereocenters. The summed E-state index contributed by atoms with van der Waals surface area (Å²) in [6.45, 7) is 7.64. The van der Waals surface area contributed by atoms with Crippen molar-refractivity contribution in [2.24, 2.45) is 0 Å². The molecule has 0 saturated carbocycles. The zero-order valence-corrected chi connectivity index (χ0v) is 14.9. The lowest BCUT2D eigenvalue weighted by atomic mass is 10.2. The molecule has 0 aromatic heterocycles. The summed E-state index contributed by atoms with van der Waals surface area (Å²) in [6.07, 6.45) is 1.90. The number of aliphatic hydroxyl groups excluding tert-OH is 1. The first-order valence-corrected chi connectivity index (χ1v) is 9.40. The summed E-state index contributed by atoms with van der Waals surface area (Å²) >= 11 is 0. The van der Waals surface area contributed by atoms with Crippen LogP contribution in [0.2, 0.25) is 0 Å². The van der Waals surface area contributed by atoms with Gasteiger partial charge in [0.15, 0.2) is 0 Å². The van der Waals surface area contributed by atoms with Crippen molar-refractivity contribution in [1.29, 1.82) is 0 Å². The second kappa shape index (κ2) is 9.17. The van der Waals surface area contributed by atoms with Crippen LogP contribution in [0.25, 0.3) is 0 Å². The Balaban J connectivity index is 1.32. The van der Waals surface area contributed by atoms with Gasteiger partial charge in [-0.25, -0.2) is 4.79 Å². The Hall–Kier alpha value is -1.63. The lowest BCUT2D eigenvalue weighted by molar-refractivity contribution is 0.125. The number of nitrogens with one attached hydrogen (secondary N) is 1. The molecule has 2 saturated heterocycles. The van der Waals surface area contributed by atoms with Crippen LogP contribution in [-0.2, 0) is 6.54 Å². The number of piperazine rings is 1. The first-order valence-electron chi connectivity index (χ1n) is 9.40. The highest BCUT2D eigenvalue weighted by Gasteiger charge is 2.27. The van der Waals surface area contributed by atoms with Gasteiger partial charge >= 0.3 is 6.03 Å². The van der Waals surface area contributed by atoms with Gasteiger partial charge in [0, 0.05) is 52.4 Å². The summed E-state index contributed by atoms with van der Waals surface area (Å²) in [6, 6.07) is 10.6. The van der Waals surface area contributed by atoms with Crippen LogP contribution in [0.4, 0.5) is 4.79 Å². The molecule has 2 amide bonds. The number of nitrogens with zero attached hydrogens (tertiary/aromatic N) is 3. The van der Waals surface area contributed by atoms with Crippen molar-refractivity contribution in [1.82, 2.24) is 20.0 Å². The average molecular weight is 346 g/mol. The number of benzene rings is 1. The van der Waals surface area contributed by atoms with Crippen LogP contribution >= 0.6 is 0 Å². The van der Waals surface area contributed by atoms with Crippen LogP contribution < -0.4 is 5.32 Å². The third-order valence-corrected chi connectivity index (χ3v) is 5.27. The Labute approximate surface area is 150 Å². The van der Waals surface area contributed by atoms with Crippen LogP contribution in [0.3, 0.4) is 0 Å². The molecule has 0 unspecified atom stereocenters. The second-order valence-electron chi connectivity index (χ2n) is 7.01. The van der Waals surface area contributed by atoms with Crippen LogP contribution in [0.1, 0.15) is 18.4 Å². The van der Waals surface area contributed by atoms with Crippen LogP contribution in [0.5, 0.6) is 0 Å². The quantitative estimate of drug-likeness (QED) is 0.806. The van der Waals surface area contributed by atoms with Crippen molar-refractivity contribution in [3.05, 3.63) is 35.9 Å². The number of urea groups is 1. The number of carbonyl (C=O) groups is 1. The van der Waals surface area contributed by atoms with Gasteiger partial charge in [0.05, 0.1) is 12.6 Å². The molecule has 2 heterocycles. The molecule has 6 nitrogen and oxygen atoms in total. The van der Waals surface area contributed by atoms with Gasteiger partial charge in [-0.3, -0.25) is 9.80 Å². The fraction of sp³-hybridized carbons (Fsp3) is 0.632. The van der Waals surface area contributed by atoms with E-state index in [1.54, 1.807) is 4.90 Å². The van der Waals surface area contributed by atoms with E-state index in [1.807, 2.05) is 0 Å². The lowest BCUT2D eigenvalue weighted by Crippen LogP contribution is -2.50. The molecule has 25 heavy (non-hydrogen) atoms. The van der Waals surface area contributed by atoms with Crippen molar-refractivity contribution in [3.8, 4) is 0 Å². The minimum absolute atomic E-state index is 0.00142. The first kappa shape index (κ1) is 18.2. The minimum atomic E-state index is -0.0285. The fourth-order valence-electron chi connectivity index (χ4n) is 3.73. The Bertz CT molecular complexity index is 531. The standard InChI is InChI=1S/C19H30N4O2/c24-16-18-7-4-9-23(18)19(25)20-8-10-21-11-13-22(14-12-21)15-17-5-2-1-3-6-17/h1-3,5-6,18,24H,4,7-16H2,(H,20,25)/t18-/m1/s1. The molecule has 2 N–H and O–H groups in total. The highest BCUT2D eigenvalue weighted by atomic mass is 16.3. The summed E-state index contributed by atoms with van der Waals surface area (Å²) < 4.78 is 0. The van der Waals surface area contributed by atoms with E-state index in [2.05, 4.69) is 45.4 Å². The van der Waals surface area contributed by atoms with E-state index in [0.717, 1.165) is 58.7 Å². The van der Waals surface area contributed by atoms with Crippen molar-refractivity contribution < 1.29 is 9.90 Å². The SMILES string of the molecule is O=C(NCCN1CCN(Cc2ccccc2)CC1)N1CCC[C@@H]1CO. The molecule has 2 aliphatic rings. The average Bonchev–Trinajstić information content (AvgIpc) is 3.13. The summed E-state index contributed by atoms with van der Waals surface area (Å²) in [5, 5.41) is 12.3. The summed E-state index contributed by atoms with van der Waals surface area (Å²) in [4.78, 5) is 18.9. The molecule has 2 fully saturated rings. The maximum atomic E-state index is 12.2. The van der Waals surface area contributed by atoms with E-state index in [1.165, 1.54) is 5.56 Å². The number of aliphatic hydroxyl groups is 1. The van der Waals surface area contributed by atoms with Crippen LogP contribution in [-0.4, -0.2) is 84.3 Å². The van der Waals surface area contributed by atoms with Gasteiger partial charge < -0.3 is 15.3 Å². The van der Waals surface area contributed by atoms with Crippen molar-refractivity contribution in [2.75, 3.05) is 52.4 Å². The highest BCUT2D eigenvalue weighted by Crippen LogP contribution is 2.16. The van der Waals surface area contributed by atoms with Gasteiger partial charge in [-0.2, -0.15) is 0 Å². The summed E-state index contributed by atoms with van der Waals surface area (Å²) in [7, 11) is 0. The molecule has 1 aromatic rings. The maximum absolute atomic E-state index is 12.2. The smallest absolute Gasteiger partial charge is 0.317 e. The van der Waals surface area contributed by atoms with Gasteiger partial charge in [0.1, 0.15) is 0 Å². The molecule has 0 bridgehead atoms. The van der Waals surface area contributed by atoms with Gasteiger partial charge in [-0.1, -0.05) is 30.3 Å². The van der Waals surface area contributed by atoms with Crippen LogP contribution in [0, 0.1) is 0 Å². The van der Waals surface area contributed by atoms with Crippen molar-refractivity contribution in [3.63, 3.8) is 0 Å². The third kappa shape index (κ3) is 5.17. The van der Waals surface area contributed by atoms with Gasteiger partial charge in [-0.05, 0) is 18.4 Å². The molecule has 0 spiro atoms. The van der Waals surface area contributed by atoms with E-state index in [-0.39, 0.29) is 18.7 Å². The van der Waals surface area contributed by atoms with Crippen molar-refractivity contribution in [2.45, 2.75) is 25.4 Å². The molecular weight excluding hydrogens is 316 g/mol. The Morgan fingerprint density at radius 1 is 1.08 bits per heavy atom. The van der Waals surface area contributed by atoms with E-state index in [0.29, 0.717) is 6.54 Å². The number of hydrogen-bond acceptors (Lipinski definition) is 4. The molecule has 0 aliphatic carbocycles. The topological polar surface area (TPSA) is 59.1 Å². The monoisotopic (exact) mass is 346 g/mol. The number of carbonyl (C=O) groups excluding carboxylic acids is 1. The van der Waals surface area contributed by atoms with Gasteiger partial charge in [0.25, 0.3) is 0 Å². The molecule has 1 aromatic carbocycles. The van der Waals surface area contributed by atoms with E-state index in [9.17, 15) is 9.90 Å². The van der Waals surface area contributed by atoms with E-state index < -0.39 is 0 Å². The fourth-order valence-corrected chi connectivity index (χ4v) is 3.73. The minimum Gasteiger partial charge on any atom is -0.394 e. The predicted molar refractivity (Wildman–Crippen MR) is 98.4 cm³/mol. The Kier molecular flexibility index (Phi) is 6.67. The Morgan fingerprint density at radius 3 is 2.52 bits per heavy atom. The van der Waals surface area contributed by atoms with Crippen molar-refractivity contribution >= 4 is 6.03 Å². The predicted octanol–water partition coefficient (Wildman–Crippen LogP) is 0.970. The zero-order chi connectivity index (χ0) is 17.5. The normalized spacial score (nSPS) is 22.3. The van der Waals surface area contributed by atoms with E-state index in [4.69, 9.17) is 0 Å². The Morgan fingerprint density at radius 2 is 1.80 bits per heavy atom. The number of hydrogen-bond donors (Lipinski definition) is 2. The number of rotatable bonds is 6. The second-order valence-corrected chi connectivity index (χ2v) is 7.01. The molecule has 0 radical (unpaired) electrons. The number of likely N-dealkylation sites (tertiary alicyclic amines) is 1. The first-order chi connectivity index (χ1) is 12.3. The highest BCUT2D eigenvalue weighted by molar-refractivity contribution is 5.74. The molecule has 3 rings (SSSR count). The largest absolute Gasteiger partial charge is 0.394 e. The summed E-state index contributed by atoms with van der Waals surface area (Å²) in [5.74, 6) is 0. The maximum Gasteiger partial charge on any atom is 0.317 e. The third-order valence-electron chi connectivity index (χ3n) is 5.27. The molecule has 138 valence electrons.